The summed E-state index contributed by atoms with van der Waals surface area (Å²) in [6.45, 7) is 12.2. The van der Waals surface area contributed by atoms with Gasteiger partial charge in [-0.15, -0.1) is 0 Å². The summed E-state index contributed by atoms with van der Waals surface area (Å²) in [7, 11) is 0. The average molecular weight is 536 g/mol. The third-order valence-electron chi connectivity index (χ3n) is 8.78. The molecule has 1 aliphatic carbocycles. The lowest BCUT2D eigenvalue weighted by molar-refractivity contribution is -0.145. The van der Waals surface area contributed by atoms with Crippen LogP contribution in [0.5, 0.6) is 0 Å². The van der Waals surface area contributed by atoms with E-state index in [0.29, 0.717) is 13.0 Å². The first-order chi connectivity index (χ1) is 19.7. The van der Waals surface area contributed by atoms with Gasteiger partial charge in [-0.25, -0.2) is 0 Å². The van der Waals surface area contributed by atoms with E-state index in [1.54, 1.807) is 0 Å². The maximum atomic E-state index is 12.8. The molecule has 4 aromatic rings. The number of carbonyl (C=O) groups excluding carboxylic acids is 1. The van der Waals surface area contributed by atoms with Crippen molar-refractivity contribution in [1.82, 2.24) is 14.7 Å². The van der Waals surface area contributed by atoms with Crippen molar-refractivity contribution < 1.29 is 9.53 Å². The smallest absolute Gasteiger partial charge is 0.306 e. The molecule has 0 amide bonds. The SMILES string of the molecule is CCN1CCN(CCCC(=O)OCc2ccc3ccc4cccc5ccc2c3c45)CCN(CC2=CC=CC2)CC1. The minimum atomic E-state index is -0.104. The molecule has 0 saturated carbocycles. The topological polar surface area (TPSA) is 36.0 Å². The van der Waals surface area contributed by atoms with Gasteiger partial charge in [0, 0.05) is 52.2 Å². The Bertz CT molecular complexity index is 1510. The molecule has 208 valence electrons. The van der Waals surface area contributed by atoms with E-state index in [0.717, 1.165) is 77.3 Å². The van der Waals surface area contributed by atoms with Gasteiger partial charge in [0.05, 0.1) is 0 Å². The number of rotatable bonds is 9. The van der Waals surface area contributed by atoms with Crippen LogP contribution in [0.2, 0.25) is 0 Å². The van der Waals surface area contributed by atoms with Crippen molar-refractivity contribution in [2.24, 2.45) is 0 Å². The van der Waals surface area contributed by atoms with Crippen LogP contribution >= 0.6 is 0 Å². The Labute approximate surface area is 238 Å². The second-order valence-corrected chi connectivity index (χ2v) is 11.4. The predicted molar refractivity (Wildman–Crippen MR) is 166 cm³/mol. The minimum Gasteiger partial charge on any atom is -0.461 e. The minimum absolute atomic E-state index is 0.104. The molecule has 1 fully saturated rings. The maximum absolute atomic E-state index is 12.8. The number of carbonyl (C=O) groups is 1. The van der Waals surface area contributed by atoms with E-state index in [-0.39, 0.29) is 5.97 Å². The molecule has 5 nitrogen and oxygen atoms in total. The molecular weight excluding hydrogens is 494 g/mol. The van der Waals surface area contributed by atoms with Gasteiger partial charge in [-0.05, 0) is 63.8 Å². The molecule has 1 saturated heterocycles. The molecule has 0 radical (unpaired) electrons. The zero-order valence-corrected chi connectivity index (χ0v) is 23.8. The van der Waals surface area contributed by atoms with E-state index in [4.69, 9.17) is 4.74 Å². The van der Waals surface area contributed by atoms with Crippen molar-refractivity contribution in [1.29, 1.82) is 0 Å². The van der Waals surface area contributed by atoms with Crippen LogP contribution in [0.25, 0.3) is 32.3 Å². The third-order valence-corrected chi connectivity index (χ3v) is 8.78. The maximum Gasteiger partial charge on any atom is 0.306 e. The van der Waals surface area contributed by atoms with Crippen molar-refractivity contribution in [2.45, 2.75) is 32.8 Å². The van der Waals surface area contributed by atoms with Gasteiger partial charge in [0.25, 0.3) is 0 Å². The number of esters is 1. The fourth-order valence-corrected chi connectivity index (χ4v) is 6.38. The van der Waals surface area contributed by atoms with Crippen molar-refractivity contribution in [3.63, 3.8) is 0 Å². The van der Waals surface area contributed by atoms with Gasteiger partial charge in [-0.1, -0.05) is 85.3 Å². The predicted octanol–water partition coefficient (Wildman–Crippen LogP) is 6.23. The van der Waals surface area contributed by atoms with Crippen LogP contribution in [0.15, 0.2) is 78.4 Å². The molecule has 0 N–H and O–H groups in total. The van der Waals surface area contributed by atoms with E-state index in [1.807, 2.05) is 0 Å². The Morgan fingerprint density at radius 2 is 1.48 bits per heavy atom. The molecular formula is C35H41N3O2. The van der Waals surface area contributed by atoms with E-state index in [9.17, 15) is 4.79 Å². The second kappa shape index (κ2) is 12.5. The molecule has 0 spiro atoms. The number of hydrogen-bond donors (Lipinski definition) is 0. The van der Waals surface area contributed by atoms with Crippen molar-refractivity contribution in [3.8, 4) is 0 Å². The van der Waals surface area contributed by atoms with Crippen LogP contribution in [0, 0.1) is 0 Å². The van der Waals surface area contributed by atoms with E-state index < -0.39 is 0 Å². The molecule has 4 aromatic carbocycles. The third kappa shape index (κ3) is 6.07. The summed E-state index contributed by atoms with van der Waals surface area (Å²) in [5.74, 6) is -0.104. The number of likely N-dealkylation sites (N-methyl/N-ethyl adjacent to an activating group) is 1. The molecule has 1 heterocycles. The lowest BCUT2D eigenvalue weighted by Crippen LogP contribution is -2.37. The zero-order valence-electron chi connectivity index (χ0n) is 23.8. The van der Waals surface area contributed by atoms with E-state index in [1.165, 1.54) is 37.9 Å². The molecule has 0 aromatic heterocycles. The normalized spacial score (nSPS) is 17.9. The molecule has 1 aliphatic heterocycles. The number of hydrogen-bond acceptors (Lipinski definition) is 5. The highest BCUT2D eigenvalue weighted by Gasteiger charge is 2.18. The summed E-state index contributed by atoms with van der Waals surface area (Å²) in [5.41, 5.74) is 2.59. The van der Waals surface area contributed by atoms with Crippen LogP contribution in [0.4, 0.5) is 0 Å². The van der Waals surface area contributed by atoms with Gasteiger partial charge in [0.15, 0.2) is 0 Å². The quantitative estimate of drug-likeness (QED) is 0.188. The lowest BCUT2D eigenvalue weighted by atomic mass is 9.92. The number of ether oxygens (including phenoxy) is 1. The highest BCUT2D eigenvalue weighted by atomic mass is 16.5. The molecule has 0 atom stereocenters. The van der Waals surface area contributed by atoms with Gasteiger partial charge in [-0.2, -0.15) is 0 Å². The highest BCUT2D eigenvalue weighted by Crippen LogP contribution is 2.36. The Balaban J connectivity index is 1.03. The highest BCUT2D eigenvalue weighted by molar-refractivity contribution is 6.23. The Hall–Kier alpha value is -3.25. The summed E-state index contributed by atoms with van der Waals surface area (Å²) < 4.78 is 5.81. The van der Waals surface area contributed by atoms with Gasteiger partial charge in [-0.3, -0.25) is 9.69 Å². The summed E-state index contributed by atoms with van der Waals surface area (Å²) in [6, 6.07) is 19.5. The first-order valence-corrected chi connectivity index (χ1v) is 15.0. The molecule has 2 aliphatic rings. The summed E-state index contributed by atoms with van der Waals surface area (Å²) in [6.07, 6.45) is 9.09. The molecule has 6 rings (SSSR count). The van der Waals surface area contributed by atoms with Crippen LogP contribution in [-0.4, -0.2) is 79.6 Å². The average Bonchev–Trinajstić information content (AvgIpc) is 3.52. The van der Waals surface area contributed by atoms with Crippen molar-refractivity contribution in [2.75, 3.05) is 58.9 Å². The fraction of sp³-hybridized carbons (Fsp3) is 0.400. The first kappa shape index (κ1) is 26.9. The lowest BCUT2D eigenvalue weighted by Gasteiger charge is -2.26. The Kier molecular flexibility index (Phi) is 8.43. The zero-order chi connectivity index (χ0) is 27.3. The fourth-order valence-electron chi connectivity index (χ4n) is 6.38. The van der Waals surface area contributed by atoms with Crippen LogP contribution in [0.3, 0.4) is 0 Å². The van der Waals surface area contributed by atoms with Gasteiger partial charge < -0.3 is 14.5 Å². The molecule has 0 unspecified atom stereocenters. The van der Waals surface area contributed by atoms with Crippen LogP contribution in [0.1, 0.15) is 31.7 Å². The molecule has 5 heteroatoms. The standard InChI is InChI=1S/C35H41N3O2/c1-2-36-19-21-37(22-24-38(23-20-36)25-27-7-3-4-8-27)18-6-11-33(39)40-26-31-15-14-30-13-12-28-9-5-10-29-16-17-32(31)35(30)34(28)29/h3-5,7,9-10,12-17H,2,6,8,11,18-26H2,1H3. The van der Waals surface area contributed by atoms with Gasteiger partial charge >= 0.3 is 5.97 Å². The van der Waals surface area contributed by atoms with Crippen molar-refractivity contribution in [3.05, 3.63) is 84.0 Å². The van der Waals surface area contributed by atoms with Gasteiger partial charge in [0.1, 0.15) is 6.61 Å². The summed E-state index contributed by atoms with van der Waals surface area (Å²) >= 11 is 0. The largest absolute Gasteiger partial charge is 0.461 e. The summed E-state index contributed by atoms with van der Waals surface area (Å²) in [4.78, 5) is 20.5. The monoisotopic (exact) mass is 535 g/mol. The molecule has 0 bridgehead atoms. The summed E-state index contributed by atoms with van der Waals surface area (Å²) in [5, 5.41) is 7.49. The number of allylic oxidation sites excluding steroid dienone is 3. The molecule has 40 heavy (non-hydrogen) atoms. The number of benzene rings is 4. The first-order valence-electron chi connectivity index (χ1n) is 15.0. The van der Waals surface area contributed by atoms with E-state index in [2.05, 4.69) is 94.4 Å². The van der Waals surface area contributed by atoms with Crippen LogP contribution in [-0.2, 0) is 16.1 Å². The second-order valence-electron chi connectivity index (χ2n) is 11.4. The Morgan fingerprint density at radius 1 is 0.800 bits per heavy atom. The number of nitrogens with zero attached hydrogens (tertiary/aromatic N) is 3. The van der Waals surface area contributed by atoms with Crippen LogP contribution < -0.4 is 0 Å². The Morgan fingerprint density at radius 3 is 2.20 bits per heavy atom. The van der Waals surface area contributed by atoms with Crippen molar-refractivity contribution >= 4 is 38.3 Å². The van der Waals surface area contributed by atoms with Gasteiger partial charge in [0.2, 0.25) is 0 Å². The van der Waals surface area contributed by atoms with E-state index >= 15 is 0 Å².